The van der Waals surface area contributed by atoms with E-state index in [1.807, 2.05) is 19.1 Å². The number of likely N-dealkylation sites (N-methyl/N-ethyl adjacent to an activating group) is 1. The Morgan fingerprint density at radius 3 is 2.55 bits per heavy atom. The van der Waals surface area contributed by atoms with Crippen LogP contribution in [0, 0.1) is 5.82 Å². The van der Waals surface area contributed by atoms with Gasteiger partial charge in [-0.3, -0.25) is 0 Å². The Kier molecular flexibility index (Phi) is 7.13. The fraction of sp³-hybridized carbons (Fsp3) is 0.625. The van der Waals surface area contributed by atoms with Gasteiger partial charge in [0.2, 0.25) is 0 Å². The van der Waals surface area contributed by atoms with E-state index in [9.17, 15) is 4.39 Å². The van der Waals surface area contributed by atoms with Crippen molar-refractivity contribution in [2.75, 3.05) is 13.2 Å². The highest BCUT2D eigenvalue weighted by molar-refractivity contribution is 9.10. The van der Waals surface area contributed by atoms with Gasteiger partial charge in [0, 0.05) is 12.6 Å². The van der Waals surface area contributed by atoms with Crippen molar-refractivity contribution in [3.63, 3.8) is 0 Å². The molecule has 0 aliphatic heterocycles. The second-order valence-electron chi connectivity index (χ2n) is 5.16. The van der Waals surface area contributed by atoms with Crippen molar-refractivity contribution >= 4 is 15.9 Å². The van der Waals surface area contributed by atoms with Gasteiger partial charge in [0.15, 0.2) is 0 Å². The van der Waals surface area contributed by atoms with Gasteiger partial charge >= 0.3 is 0 Å². The first kappa shape index (κ1) is 17.6. The average Bonchev–Trinajstić information content (AvgIpc) is 2.42. The summed E-state index contributed by atoms with van der Waals surface area (Å²) in [5.41, 5.74) is 0.884. The fourth-order valence-electron chi connectivity index (χ4n) is 2.43. The van der Waals surface area contributed by atoms with Gasteiger partial charge in [-0.2, -0.15) is 0 Å². The van der Waals surface area contributed by atoms with Gasteiger partial charge in [-0.1, -0.05) is 19.9 Å². The number of ether oxygens (including phenoxy) is 1. The Hall–Kier alpha value is -0.450. The van der Waals surface area contributed by atoms with Gasteiger partial charge in [-0.05, 0) is 66.9 Å². The van der Waals surface area contributed by atoms with Crippen LogP contribution in [0.3, 0.4) is 0 Å². The molecule has 2 atom stereocenters. The van der Waals surface area contributed by atoms with Crippen molar-refractivity contribution in [2.45, 2.75) is 52.2 Å². The predicted octanol–water partition coefficient (Wildman–Crippen LogP) is 4.31. The highest BCUT2D eigenvalue weighted by Gasteiger charge is 2.32. The predicted molar refractivity (Wildman–Crippen MR) is 85.6 cm³/mol. The van der Waals surface area contributed by atoms with Crippen LogP contribution in [0.1, 0.15) is 39.7 Å². The molecule has 0 radical (unpaired) electrons. The van der Waals surface area contributed by atoms with Crippen molar-refractivity contribution in [3.05, 3.63) is 34.1 Å². The Balaban J connectivity index is 2.92. The number of halogens is 2. The molecule has 1 aromatic carbocycles. The number of benzene rings is 1. The molecule has 0 fully saturated rings. The summed E-state index contributed by atoms with van der Waals surface area (Å²) in [6.07, 6.45) is 1.75. The van der Waals surface area contributed by atoms with Crippen LogP contribution in [-0.4, -0.2) is 24.8 Å². The molecule has 1 N–H and O–H groups in total. The average molecular weight is 346 g/mol. The van der Waals surface area contributed by atoms with Crippen LogP contribution in [-0.2, 0) is 11.2 Å². The molecule has 0 saturated heterocycles. The molecule has 0 aliphatic carbocycles. The molecule has 1 rings (SSSR count). The first-order valence-corrected chi connectivity index (χ1v) is 8.07. The molecule has 0 heterocycles. The molecule has 4 heteroatoms. The SMILES string of the molecule is CCNC(Cc1ccc(F)c(Br)c1)C(C)(CC)OCC. The highest BCUT2D eigenvalue weighted by atomic mass is 79.9. The van der Waals surface area contributed by atoms with Gasteiger partial charge in [-0.15, -0.1) is 0 Å². The zero-order valence-electron chi connectivity index (χ0n) is 12.8. The maximum absolute atomic E-state index is 13.3. The molecule has 0 aliphatic rings. The van der Waals surface area contributed by atoms with E-state index in [4.69, 9.17) is 4.74 Å². The van der Waals surface area contributed by atoms with E-state index < -0.39 is 0 Å². The molecule has 20 heavy (non-hydrogen) atoms. The third-order valence-electron chi connectivity index (χ3n) is 3.79. The van der Waals surface area contributed by atoms with E-state index in [2.05, 4.69) is 42.0 Å². The minimum absolute atomic E-state index is 0.204. The number of rotatable bonds is 8. The van der Waals surface area contributed by atoms with Gasteiger partial charge < -0.3 is 10.1 Å². The summed E-state index contributed by atoms with van der Waals surface area (Å²) in [5, 5.41) is 3.51. The van der Waals surface area contributed by atoms with E-state index in [-0.39, 0.29) is 17.5 Å². The van der Waals surface area contributed by atoms with Crippen molar-refractivity contribution in [2.24, 2.45) is 0 Å². The summed E-state index contributed by atoms with van der Waals surface area (Å²) in [4.78, 5) is 0. The van der Waals surface area contributed by atoms with Crippen LogP contribution in [0.5, 0.6) is 0 Å². The lowest BCUT2D eigenvalue weighted by molar-refractivity contribution is -0.0547. The molecule has 2 unspecified atom stereocenters. The minimum atomic E-state index is -0.225. The second-order valence-corrected chi connectivity index (χ2v) is 6.02. The van der Waals surface area contributed by atoms with Crippen LogP contribution in [0.25, 0.3) is 0 Å². The van der Waals surface area contributed by atoms with Gasteiger partial charge in [0.05, 0.1) is 10.1 Å². The molecule has 114 valence electrons. The number of hydrogen-bond donors (Lipinski definition) is 1. The topological polar surface area (TPSA) is 21.3 Å². The second kappa shape index (κ2) is 8.11. The van der Waals surface area contributed by atoms with Crippen molar-refractivity contribution in [1.29, 1.82) is 0 Å². The number of hydrogen-bond acceptors (Lipinski definition) is 2. The summed E-state index contributed by atoms with van der Waals surface area (Å²) >= 11 is 3.25. The van der Waals surface area contributed by atoms with E-state index in [1.165, 1.54) is 6.07 Å². The Bertz CT molecular complexity index is 427. The Morgan fingerprint density at radius 1 is 1.35 bits per heavy atom. The summed E-state index contributed by atoms with van der Waals surface area (Å²) in [7, 11) is 0. The zero-order chi connectivity index (χ0) is 15.2. The normalized spacial score (nSPS) is 15.9. The van der Waals surface area contributed by atoms with E-state index in [0.717, 1.165) is 24.9 Å². The molecule has 0 amide bonds. The standard InChI is InChI=1S/C16H25BrFNO/c1-5-16(4,20-7-3)15(19-6-2)11-12-8-9-14(18)13(17)10-12/h8-10,15,19H,5-7,11H2,1-4H3. The van der Waals surface area contributed by atoms with E-state index in [0.29, 0.717) is 11.1 Å². The van der Waals surface area contributed by atoms with Crippen LogP contribution < -0.4 is 5.32 Å². The maximum Gasteiger partial charge on any atom is 0.137 e. The van der Waals surface area contributed by atoms with E-state index in [1.54, 1.807) is 0 Å². The summed E-state index contributed by atoms with van der Waals surface area (Å²) < 4.78 is 19.8. The third kappa shape index (κ3) is 4.54. The molecule has 0 saturated carbocycles. The molecule has 0 spiro atoms. The lowest BCUT2D eigenvalue weighted by Crippen LogP contribution is -2.51. The van der Waals surface area contributed by atoms with Crippen LogP contribution in [0.15, 0.2) is 22.7 Å². The first-order chi connectivity index (χ1) is 9.46. The van der Waals surface area contributed by atoms with Crippen molar-refractivity contribution in [1.82, 2.24) is 5.32 Å². The Morgan fingerprint density at radius 2 is 2.05 bits per heavy atom. The maximum atomic E-state index is 13.3. The Labute approximate surface area is 130 Å². The summed E-state index contributed by atoms with van der Waals surface area (Å²) in [6.45, 7) is 9.97. The van der Waals surface area contributed by atoms with Gasteiger partial charge in [-0.25, -0.2) is 4.39 Å². The number of nitrogens with one attached hydrogen (secondary N) is 1. The van der Waals surface area contributed by atoms with Crippen LogP contribution >= 0.6 is 15.9 Å². The molecule has 0 aromatic heterocycles. The third-order valence-corrected chi connectivity index (χ3v) is 4.40. The highest BCUT2D eigenvalue weighted by Crippen LogP contribution is 2.25. The molecular weight excluding hydrogens is 321 g/mol. The molecule has 1 aromatic rings. The van der Waals surface area contributed by atoms with Crippen molar-refractivity contribution in [3.8, 4) is 0 Å². The molecule has 2 nitrogen and oxygen atoms in total. The van der Waals surface area contributed by atoms with E-state index >= 15 is 0 Å². The lowest BCUT2D eigenvalue weighted by atomic mass is 9.88. The quantitative estimate of drug-likeness (QED) is 0.757. The lowest BCUT2D eigenvalue weighted by Gasteiger charge is -2.37. The zero-order valence-corrected chi connectivity index (χ0v) is 14.4. The van der Waals surface area contributed by atoms with Gasteiger partial charge in [0.25, 0.3) is 0 Å². The smallest absolute Gasteiger partial charge is 0.137 e. The summed E-state index contributed by atoms with van der Waals surface area (Å²) in [6, 6.07) is 5.40. The monoisotopic (exact) mass is 345 g/mol. The van der Waals surface area contributed by atoms with Crippen LogP contribution in [0.2, 0.25) is 0 Å². The molecule has 0 bridgehead atoms. The van der Waals surface area contributed by atoms with Crippen molar-refractivity contribution < 1.29 is 9.13 Å². The largest absolute Gasteiger partial charge is 0.374 e. The summed E-state index contributed by atoms with van der Waals surface area (Å²) in [5.74, 6) is -0.225. The molecular formula is C16H25BrFNO. The minimum Gasteiger partial charge on any atom is -0.374 e. The van der Waals surface area contributed by atoms with Crippen LogP contribution in [0.4, 0.5) is 4.39 Å². The fourth-order valence-corrected chi connectivity index (χ4v) is 2.86. The first-order valence-electron chi connectivity index (χ1n) is 7.28. The van der Waals surface area contributed by atoms with Gasteiger partial charge in [0.1, 0.15) is 5.82 Å².